The molecule has 3 heterocycles. The van der Waals surface area contributed by atoms with E-state index in [0.717, 1.165) is 21.8 Å². The number of hydroxylamine groups is 2. The van der Waals surface area contributed by atoms with Crippen molar-refractivity contribution in [2.75, 3.05) is 42.7 Å². The second kappa shape index (κ2) is 24.9. The topological polar surface area (TPSA) is 242 Å². The highest BCUT2D eigenvalue weighted by Gasteiger charge is 2.28. The monoisotopic (exact) mass is 781 g/mol. The summed E-state index contributed by atoms with van der Waals surface area (Å²) in [6, 6.07) is 14.2. The molecule has 5 aromatic rings. The number of aromatic amines is 1. The summed E-state index contributed by atoms with van der Waals surface area (Å²) in [5.74, 6) is 6.09. The maximum Gasteiger partial charge on any atom is 0.322 e. The minimum Gasteiger partial charge on any atom is -0.497 e. The first-order valence-electron chi connectivity index (χ1n) is 16.7. The van der Waals surface area contributed by atoms with Crippen LogP contribution >= 0.6 is 0 Å². The fourth-order valence-corrected chi connectivity index (χ4v) is 4.64. The third kappa shape index (κ3) is 14.8. The van der Waals surface area contributed by atoms with Crippen molar-refractivity contribution in [2.24, 2.45) is 5.90 Å². The van der Waals surface area contributed by atoms with E-state index in [1.54, 1.807) is 26.2 Å². The third-order valence-electron chi connectivity index (χ3n) is 7.90. The van der Waals surface area contributed by atoms with Gasteiger partial charge in [0.2, 0.25) is 0 Å². The number of nitrogens with two attached hydrogens (primary N) is 1. The molecule has 19 heteroatoms. The number of hydrogen-bond acceptors (Lipinski definition) is 16. The number of para-hydroxylation sites is 2. The number of fused-ring (bicyclic) bond motifs is 1. The van der Waals surface area contributed by atoms with E-state index in [4.69, 9.17) is 18.9 Å². The molecule has 0 radical (unpaired) electrons. The van der Waals surface area contributed by atoms with Crippen molar-refractivity contribution in [3.8, 4) is 23.5 Å². The Kier molecular flexibility index (Phi) is 21.2. The number of amides is 2. The van der Waals surface area contributed by atoms with Crippen LogP contribution < -0.4 is 24.8 Å². The minimum absolute atomic E-state index is 0.0748. The number of rotatable bonds is 6. The summed E-state index contributed by atoms with van der Waals surface area (Å²) < 4.78 is 19.8. The van der Waals surface area contributed by atoms with Crippen LogP contribution in [0.5, 0.6) is 23.5 Å². The van der Waals surface area contributed by atoms with Gasteiger partial charge in [-0.05, 0) is 93.6 Å². The normalized spacial score (nSPS) is 11.1. The van der Waals surface area contributed by atoms with Crippen molar-refractivity contribution in [3.05, 3.63) is 92.3 Å². The second-order valence-electron chi connectivity index (χ2n) is 11.3. The summed E-state index contributed by atoms with van der Waals surface area (Å²) in [4.78, 5) is 50.7. The van der Waals surface area contributed by atoms with Gasteiger partial charge >= 0.3 is 12.0 Å². The molecule has 0 atom stereocenters. The number of H-pyrrole nitrogens is 1. The van der Waals surface area contributed by atoms with Crippen LogP contribution in [0.25, 0.3) is 11.0 Å². The standard InChI is InChI=1S/C12H18O.C7H7NO3.C6H9N3O2.C6H5N3.C5H7NO3.CH5NO/c1-7-8(2)10(4)12(13-6)11(5)9(7)3;1-11-7-4-2-6(3-5-7)8(9)10;1-4-7-5(10-2)9-6(8-4)11-3;1-2-4-6-5(3-1)7-9-8-6;1-9-6-4(7)2-3-5(6)8;1-3-2/h1-6H3;2-5H,1H3;1-3H3;1-4H,(H,7,8,9);2-3H2,1H3;2H2,1H3. The van der Waals surface area contributed by atoms with Crippen molar-refractivity contribution in [1.82, 2.24) is 35.4 Å². The van der Waals surface area contributed by atoms with Gasteiger partial charge in [0.05, 0.1) is 47.6 Å². The molecule has 1 aliphatic rings. The number of hydrogen-bond donors (Lipinski definition) is 2. The van der Waals surface area contributed by atoms with E-state index in [1.165, 1.54) is 75.5 Å². The zero-order valence-electron chi connectivity index (χ0n) is 33.8. The van der Waals surface area contributed by atoms with Crippen LogP contribution in [0.2, 0.25) is 0 Å². The van der Waals surface area contributed by atoms with Gasteiger partial charge in [0.25, 0.3) is 17.5 Å². The van der Waals surface area contributed by atoms with Crippen LogP contribution in [0.1, 0.15) is 46.5 Å². The van der Waals surface area contributed by atoms with Gasteiger partial charge in [-0.1, -0.05) is 12.1 Å². The van der Waals surface area contributed by atoms with Gasteiger partial charge in [-0.3, -0.25) is 24.5 Å². The van der Waals surface area contributed by atoms with E-state index in [1.807, 2.05) is 24.3 Å². The number of carbonyl (C=O) groups excluding carboxylic acids is 2. The van der Waals surface area contributed by atoms with E-state index in [2.05, 4.69) is 80.6 Å². The van der Waals surface area contributed by atoms with Crippen molar-refractivity contribution < 1.29 is 43.1 Å². The lowest BCUT2D eigenvalue weighted by molar-refractivity contribution is -0.384. The molecule has 2 aromatic heterocycles. The Labute approximate surface area is 325 Å². The average molecular weight is 782 g/mol. The number of methoxy groups -OCH3 is 4. The number of nitro benzene ring substituents is 1. The summed E-state index contributed by atoms with van der Waals surface area (Å²) in [6.45, 7) is 12.5. The number of non-ortho nitro benzene ring substituents is 1. The van der Waals surface area contributed by atoms with Crippen LogP contribution in [-0.2, 0) is 19.3 Å². The molecule has 2 amide bonds. The van der Waals surface area contributed by atoms with Gasteiger partial charge in [0.15, 0.2) is 0 Å². The highest BCUT2D eigenvalue weighted by molar-refractivity contribution is 6.00. The molecule has 3 N–H and O–H groups in total. The first kappa shape index (κ1) is 47.7. The Hall–Kier alpha value is -6.31. The van der Waals surface area contributed by atoms with Gasteiger partial charge in [0.1, 0.15) is 28.4 Å². The van der Waals surface area contributed by atoms with Crippen LogP contribution in [0, 0.1) is 51.7 Å². The average Bonchev–Trinajstić information content (AvgIpc) is 3.82. The lowest BCUT2D eigenvalue weighted by Gasteiger charge is -2.16. The molecule has 0 bridgehead atoms. The molecule has 1 aliphatic heterocycles. The SMILES string of the molecule is CON.CON1C(=O)CCC1=O.COc1c(C)c(C)c(C)c(C)c1C.COc1ccc([N+](=O)[O-])cc1.COc1nc(C)nc(OC)n1.c1ccc2n[nH]nc2c1. The van der Waals surface area contributed by atoms with E-state index in [-0.39, 0.29) is 42.4 Å². The van der Waals surface area contributed by atoms with Crippen molar-refractivity contribution in [2.45, 2.75) is 54.4 Å². The number of nitrogens with one attached hydrogen (secondary N) is 1. The Balaban J connectivity index is 0.000000345. The zero-order chi connectivity index (χ0) is 42.4. The fraction of sp³-hybridized carbons (Fsp3) is 0.378. The molecule has 19 nitrogen and oxygen atoms in total. The molecule has 1 saturated heterocycles. The third-order valence-corrected chi connectivity index (χ3v) is 7.90. The number of nitro groups is 1. The Bertz CT molecular complexity index is 1890. The van der Waals surface area contributed by atoms with E-state index >= 15 is 0 Å². The van der Waals surface area contributed by atoms with E-state index in [0.29, 0.717) is 11.6 Å². The Morgan fingerprint density at radius 2 is 1.09 bits per heavy atom. The van der Waals surface area contributed by atoms with Crippen molar-refractivity contribution in [1.29, 1.82) is 0 Å². The Morgan fingerprint density at radius 3 is 1.43 bits per heavy atom. The predicted molar refractivity (Wildman–Crippen MR) is 207 cm³/mol. The summed E-state index contributed by atoms with van der Waals surface area (Å²) in [5, 5.41) is 21.3. The highest BCUT2D eigenvalue weighted by Crippen LogP contribution is 2.31. The van der Waals surface area contributed by atoms with E-state index in [9.17, 15) is 19.7 Å². The van der Waals surface area contributed by atoms with Gasteiger partial charge in [-0.2, -0.15) is 30.4 Å². The summed E-state index contributed by atoms with van der Waals surface area (Å²) in [5.41, 5.74) is 8.52. The maximum atomic E-state index is 10.6. The number of benzene rings is 3. The molecular weight excluding hydrogens is 730 g/mol. The molecule has 56 heavy (non-hydrogen) atoms. The molecule has 0 aliphatic carbocycles. The lowest BCUT2D eigenvalue weighted by Crippen LogP contribution is -2.27. The molecule has 304 valence electrons. The summed E-state index contributed by atoms with van der Waals surface area (Å²) in [7, 11) is 8.95. The lowest BCUT2D eigenvalue weighted by atomic mass is 9.94. The van der Waals surface area contributed by atoms with Crippen LogP contribution in [0.3, 0.4) is 0 Å². The molecule has 1 fully saturated rings. The molecular formula is C37H51N9O10. The number of imide groups is 1. The number of aryl methyl sites for hydroxylation is 1. The van der Waals surface area contributed by atoms with Crippen molar-refractivity contribution in [3.63, 3.8) is 0 Å². The molecule has 6 rings (SSSR count). The smallest absolute Gasteiger partial charge is 0.322 e. The molecule has 0 unspecified atom stereocenters. The molecule has 0 saturated carbocycles. The van der Waals surface area contributed by atoms with Crippen LogP contribution in [-0.4, -0.2) is 94.8 Å². The quantitative estimate of drug-likeness (QED) is 0.128. The first-order valence-corrected chi connectivity index (χ1v) is 16.7. The van der Waals surface area contributed by atoms with Crippen LogP contribution in [0.15, 0.2) is 48.5 Å². The largest absolute Gasteiger partial charge is 0.497 e. The van der Waals surface area contributed by atoms with Gasteiger partial charge in [-0.15, -0.1) is 4.98 Å². The maximum absolute atomic E-state index is 10.6. The number of carbonyl (C=O) groups is 2. The van der Waals surface area contributed by atoms with Gasteiger partial charge in [-0.25, -0.2) is 5.90 Å². The van der Waals surface area contributed by atoms with Crippen LogP contribution in [0.4, 0.5) is 5.69 Å². The first-order chi connectivity index (χ1) is 26.6. The zero-order valence-corrected chi connectivity index (χ0v) is 33.8. The predicted octanol–water partition coefficient (Wildman–Crippen LogP) is 5.20. The fourth-order valence-electron chi connectivity index (χ4n) is 4.64. The highest BCUT2D eigenvalue weighted by atomic mass is 16.7. The number of nitrogens with zero attached hydrogens (tertiary/aromatic N) is 7. The molecule has 3 aromatic carbocycles. The van der Waals surface area contributed by atoms with Gasteiger partial charge < -0.3 is 23.8 Å². The minimum atomic E-state index is -0.445. The second-order valence-corrected chi connectivity index (χ2v) is 11.3. The Morgan fingerprint density at radius 1 is 0.661 bits per heavy atom. The summed E-state index contributed by atoms with van der Waals surface area (Å²) in [6.07, 6.45) is 0.569. The number of aromatic nitrogens is 6. The van der Waals surface area contributed by atoms with Crippen molar-refractivity contribution >= 4 is 28.5 Å². The van der Waals surface area contributed by atoms with E-state index < -0.39 is 4.92 Å². The molecule has 0 spiro atoms. The summed E-state index contributed by atoms with van der Waals surface area (Å²) >= 11 is 0. The number of ether oxygens (including phenoxy) is 4. The van der Waals surface area contributed by atoms with Gasteiger partial charge in [0, 0.05) is 25.0 Å².